The Morgan fingerprint density at radius 1 is 1.12 bits per heavy atom. The van der Waals surface area contributed by atoms with Crippen molar-refractivity contribution in [2.45, 2.75) is 38.3 Å². The van der Waals surface area contributed by atoms with E-state index >= 15 is 0 Å². The molecule has 1 aliphatic rings. The molecule has 3 amide bonds. The first-order valence-corrected chi connectivity index (χ1v) is 11.0. The summed E-state index contributed by atoms with van der Waals surface area (Å²) in [6, 6.07) is 12.0. The molecule has 0 unspecified atom stereocenters. The number of nitrogens with zero attached hydrogens (tertiary/aromatic N) is 2. The smallest absolute Gasteiger partial charge is 0.269 e. The summed E-state index contributed by atoms with van der Waals surface area (Å²) in [5.74, 6) is -0.157. The standard InChI is InChI=1S/C24H28N4O6/c1-16(29)25-21(15-18-5-3-4-6-22(18)34-2)23(30)26-19-11-13-27(14-12-19)24(31)17-7-9-20(10-8-17)28(32)33/h3-10,19,21H,11-15H2,1-2H3,(H,25,29)(H,26,30)/t21-/m1/s1. The van der Waals surface area contributed by atoms with Crippen LogP contribution in [0.15, 0.2) is 48.5 Å². The van der Waals surface area contributed by atoms with E-state index in [4.69, 9.17) is 4.74 Å². The molecule has 0 saturated carbocycles. The lowest BCUT2D eigenvalue weighted by molar-refractivity contribution is -0.384. The average molecular weight is 469 g/mol. The van der Waals surface area contributed by atoms with Crippen LogP contribution >= 0.6 is 0 Å². The number of amides is 3. The molecule has 10 nitrogen and oxygen atoms in total. The number of hydrogen-bond acceptors (Lipinski definition) is 6. The second kappa shape index (κ2) is 11.3. The number of benzene rings is 2. The predicted octanol–water partition coefficient (Wildman–Crippen LogP) is 2.07. The number of para-hydroxylation sites is 1. The van der Waals surface area contributed by atoms with Crippen LogP contribution < -0.4 is 15.4 Å². The van der Waals surface area contributed by atoms with Crippen molar-refractivity contribution in [3.8, 4) is 5.75 Å². The molecule has 1 saturated heterocycles. The molecule has 1 fully saturated rings. The van der Waals surface area contributed by atoms with E-state index in [9.17, 15) is 24.5 Å². The van der Waals surface area contributed by atoms with Gasteiger partial charge in [-0.3, -0.25) is 24.5 Å². The lowest BCUT2D eigenvalue weighted by atomic mass is 10.0. The number of nitro groups is 1. The average Bonchev–Trinajstić information content (AvgIpc) is 2.83. The number of hydrogen-bond donors (Lipinski definition) is 2. The van der Waals surface area contributed by atoms with Gasteiger partial charge in [0, 0.05) is 50.2 Å². The fourth-order valence-corrected chi connectivity index (χ4v) is 3.98. The minimum atomic E-state index is -0.756. The summed E-state index contributed by atoms with van der Waals surface area (Å²) in [6.07, 6.45) is 1.41. The lowest BCUT2D eigenvalue weighted by Gasteiger charge is -2.33. The summed E-state index contributed by atoms with van der Waals surface area (Å²) in [5, 5.41) is 16.5. The van der Waals surface area contributed by atoms with E-state index in [1.54, 1.807) is 18.1 Å². The van der Waals surface area contributed by atoms with Crippen LogP contribution in [0.3, 0.4) is 0 Å². The highest BCUT2D eigenvalue weighted by Crippen LogP contribution is 2.20. The molecule has 2 aromatic rings. The minimum absolute atomic E-state index is 0.0696. The van der Waals surface area contributed by atoms with Crippen molar-refractivity contribution in [1.29, 1.82) is 0 Å². The molecule has 180 valence electrons. The van der Waals surface area contributed by atoms with Gasteiger partial charge >= 0.3 is 0 Å². The Balaban J connectivity index is 1.57. The quantitative estimate of drug-likeness (QED) is 0.450. The topological polar surface area (TPSA) is 131 Å². The normalized spacial score (nSPS) is 14.7. The first kappa shape index (κ1) is 24.7. The van der Waals surface area contributed by atoms with Crippen molar-refractivity contribution in [3.05, 3.63) is 69.8 Å². The van der Waals surface area contributed by atoms with E-state index in [-0.39, 0.29) is 35.9 Å². The van der Waals surface area contributed by atoms with Crippen LogP contribution in [0.5, 0.6) is 5.75 Å². The van der Waals surface area contributed by atoms with Crippen molar-refractivity contribution in [3.63, 3.8) is 0 Å². The van der Waals surface area contributed by atoms with Gasteiger partial charge in [0.15, 0.2) is 0 Å². The van der Waals surface area contributed by atoms with Crippen LogP contribution in [-0.2, 0) is 16.0 Å². The van der Waals surface area contributed by atoms with E-state index < -0.39 is 11.0 Å². The third-order valence-electron chi connectivity index (χ3n) is 5.76. The van der Waals surface area contributed by atoms with Gasteiger partial charge in [0.1, 0.15) is 11.8 Å². The zero-order valence-electron chi connectivity index (χ0n) is 19.2. The van der Waals surface area contributed by atoms with Gasteiger partial charge in [-0.1, -0.05) is 18.2 Å². The monoisotopic (exact) mass is 468 g/mol. The van der Waals surface area contributed by atoms with Gasteiger partial charge < -0.3 is 20.3 Å². The third kappa shape index (κ3) is 6.31. The van der Waals surface area contributed by atoms with Gasteiger partial charge in [-0.05, 0) is 36.6 Å². The van der Waals surface area contributed by atoms with Crippen LogP contribution in [0.1, 0.15) is 35.7 Å². The highest BCUT2D eigenvalue weighted by atomic mass is 16.6. The van der Waals surface area contributed by atoms with Crippen LogP contribution in [0.4, 0.5) is 5.69 Å². The second-order valence-electron chi connectivity index (χ2n) is 8.15. The molecule has 1 aliphatic heterocycles. The molecule has 1 atom stereocenters. The van der Waals surface area contributed by atoms with Gasteiger partial charge in [0.2, 0.25) is 11.8 Å². The molecule has 0 aromatic heterocycles. The number of ether oxygens (including phenoxy) is 1. The molecule has 34 heavy (non-hydrogen) atoms. The number of methoxy groups -OCH3 is 1. The highest BCUT2D eigenvalue weighted by molar-refractivity contribution is 5.94. The Morgan fingerprint density at radius 2 is 1.76 bits per heavy atom. The van der Waals surface area contributed by atoms with E-state index in [2.05, 4.69) is 10.6 Å². The number of rotatable bonds is 8. The van der Waals surface area contributed by atoms with Gasteiger partial charge in [-0.15, -0.1) is 0 Å². The fourth-order valence-electron chi connectivity index (χ4n) is 3.98. The van der Waals surface area contributed by atoms with Gasteiger partial charge in [-0.25, -0.2) is 0 Å². The predicted molar refractivity (Wildman–Crippen MR) is 124 cm³/mol. The first-order chi connectivity index (χ1) is 16.3. The molecule has 0 spiro atoms. The third-order valence-corrected chi connectivity index (χ3v) is 5.76. The fraction of sp³-hybridized carbons (Fsp3) is 0.375. The number of piperidine rings is 1. The van der Waals surface area contributed by atoms with Crippen LogP contribution in [0.2, 0.25) is 0 Å². The van der Waals surface area contributed by atoms with Gasteiger partial charge in [0.25, 0.3) is 11.6 Å². The minimum Gasteiger partial charge on any atom is -0.496 e. The van der Waals surface area contributed by atoms with E-state index in [0.717, 1.165) is 5.56 Å². The number of carbonyl (C=O) groups excluding carboxylic acids is 3. The highest BCUT2D eigenvalue weighted by Gasteiger charge is 2.28. The summed E-state index contributed by atoms with van der Waals surface area (Å²) in [6.45, 7) is 2.25. The second-order valence-corrected chi connectivity index (χ2v) is 8.15. The van der Waals surface area contributed by atoms with Crippen molar-refractivity contribution in [2.75, 3.05) is 20.2 Å². The summed E-state index contributed by atoms with van der Waals surface area (Å²) in [7, 11) is 1.55. The molecule has 0 aliphatic carbocycles. The lowest BCUT2D eigenvalue weighted by Crippen LogP contribution is -2.53. The van der Waals surface area contributed by atoms with Crippen LogP contribution in [0.25, 0.3) is 0 Å². The Kier molecular flexibility index (Phi) is 8.18. The van der Waals surface area contributed by atoms with Crippen molar-refractivity contribution < 1.29 is 24.0 Å². The van der Waals surface area contributed by atoms with Crippen molar-refractivity contribution >= 4 is 23.4 Å². The van der Waals surface area contributed by atoms with E-state index in [1.807, 2.05) is 18.2 Å². The largest absolute Gasteiger partial charge is 0.496 e. The number of likely N-dealkylation sites (tertiary alicyclic amines) is 1. The van der Waals surface area contributed by atoms with Crippen LogP contribution in [0, 0.1) is 10.1 Å². The van der Waals surface area contributed by atoms with Crippen LogP contribution in [-0.4, -0.2) is 59.8 Å². The van der Waals surface area contributed by atoms with Gasteiger partial charge in [-0.2, -0.15) is 0 Å². The molecular weight excluding hydrogens is 440 g/mol. The Morgan fingerprint density at radius 3 is 2.35 bits per heavy atom. The van der Waals surface area contributed by atoms with E-state index in [1.165, 1.54) is 31.2 Å². The molecule has 0 radical (unpaired) electrons. The molecule has 0 bridgehead atoms. The molecule has 2 aromatic carbocycles. The summed E-state index contributed by atoms with van der Waals surface area (Å²) >= 11 is 0. The first-order valence-electron chi connectivity index (χ1n) is 11.0. The summed E-state index contributed by atoms with van der Waals surface area (Å²) in [4.78, 5) is 49.3. The Hall–Kier alpha value is -3.95. The number of carbonyl (C=O) groups is 3. The number of nitrogens with one attached hydrogen (secondary N) is 2. The zero-order chi connectivity index (χ0) is 24.7. The van der Waals surface area contributed by atoms with Gasteiger partial charge in [0.05, 0.1) is 12.0 Å². The number of non-ortho nitro benzene ring substituents is 1. The van der Waals surface area contributed by atoms with E-state index in [0.29, 0.717) is 37.2 Å². The molecule has 2 N–H and O–H groups in total. The number of nitro benzene ring substituents is 1. The molecule has 1 heterocycles. The summed E-state index contributed by atoms with van der Waals surface area (Å²) in [5.41, 5.74) is 1.12. The molecule has 10 heteroatoms. The zero-order valence-corrected chi connectivity index (χ0v) is 19.2. The summed E-state index contributed by atoms with van der Waals surface area (Å²) < 4.78 is 5.35. The maximum Gasteiger partial charge on any atom is 0.269 e. The maximum absolute atomic E-state index is 13.0. The molecule has 3 rings (SSSR count). The maximum atomic E-state index is 13.0. The molecular formula is C24H28N4O6. The van der Waals surface area contributed by atoms with Crippen molar-refractivity contribution in [2.24, 2.45) is 0 Å². The Bertz CT molecular complexity index is 1050. The Labute approximate surface area is 197 Å². The van der Waals surface area contributed by atoms with Crippen molar-refractivity contribution in [1.82, 2.24) is 15.5 Å². The SMILES string of the molecule is COc1ccccc1C[C@@H](NC(C)=O)C(=O)NC1CCN(C(=O)c2ccc([N+](=O)[O-])cc2)CC1.